The first-order valence-electron chi connectivity index (χ1n) is 10.5. The highest BCUT2D eigenvalue weighted by Gasteiger charge is 2.19. The first-order chi connectivity index (χ1) is 15.8. The van der Waals surface area contributed by atoms with E-state index in [0.29, 0.717) is 45.6 Å². The van der Waals surface area contributed by atoms with E-state index in [1.807, 2.05) is 44.2 Å². The van der Waals surface area contributed by atoms with E-state index >= 15 is 0 Å². The molecule has 1 aromatic carbocycles. The Balaban J connectivity index is 1.68. The predicted molar refractivity (Wildman–Crippen MR) is 127 cm³/mol. The smallest absolute Gasteiger partial charge is 0.332 e. The van der Waals surface area contributed by atoms with Crippen LogP contribution < -0.4 is 16.0 Å². The number of aryl methyl sites for hydroxylation is 1. The summed E-state index contributed by atoms with van der Waals surface area (Å²) in [6.07, 6.45) is 0. The Bertz CT molecular complexity index is 1420. The summed E-state index contributed by atoms with van der Waals surface area (Å²) in [4.78, 5) is 34.7. The fourth-order valence-electron chi connectivity index (χ4n) is 3.49. The van der Waals surface area contributed by atoms with Crippen LogP contribution in [0.4, 0.5) is 0 Å². The average Bonchev–Trinajstić information content (AvgIpc) is 3.27. The molecule has 172 valence electrons. The summed E-state index contributed by atoms with van der Waals surface area (Å²) in [6, 6.07) is 9.40. The van der Waals surface area contributed by atoms with Crippen molar-refractivity contribution < 1.29 is 9.26 Å². The van der Waals surface area contributed by atoms with E-state index in [-0.39, 0.29) is 11.6 Å². The molecule has 0 radical (unpaired) electrons. The van der Waals surface area contributed by atoms with Crippen molar-refractivity contribution >= 4 is 22.8 Å². The molecule has 0 spiro atoms. The molecule has 0 fully saturated rings. The number of hydrogen-bond acceptors (Lipinski definition) is 8. The Hall–Kier alpha value is -3.40. The minimum absolute atomic E-state index is 0.209. The molecule has 33 heavy (non-hydrogen) atoms. The predicted octanol–water partition coefficient (Wildman–Crippen LogP) is 3.41. The highest BCUT2D eigenvalue weighted by molar-refractivity contribution is 7.98. The van der Waals surface area contributed by atoms with Gasteiger partial charge in [0.25, 0.3) is 5.56 Å². The molecule has 3 aromatic heterocycles. The van der Waals surface area contributed by atoms with Crippen LogP contribution in [0.3, 0.4) is 0 Å². The number of rotatable bonds is 7. The topological polar surface area (TPSA) is 105 Å². The lowest BCUT2D eigenvalue weighted by Crippen LogP contribution is -2.39. The Kier molecular flexibility index (Phi) is 6.37. The number of aromatic nitrogens is 5. The third kappa shape index (κ3) is 4.56. The zero-order valence-corrected chi connectivity index (χ0v) is 20.0. The standard InChI is InChI=1S/C23H25N5O4S/c1-13(2)11-28-20-19(22(29)27(4)23(28)30)21(25-14(3)24-20)33-12-17-10-18(26-32-17)15-6-8-16(31-5)9-7-15/h6-10,13H,11-12H2,1-5H3. The van der Waals surface area contributed by atoms with E-state index in [1.165, 1.54) is 18.8 Å². The lowest BCUT2D eigenvalue weighted by atomic mass is 10.1. The number of methoxy groups -OCH3 is 1. The molecule has 0 amide bonds. The van der Waals surface area contributed by atoms with Gasteiger partial charge in [-0.2, -0.15) is 0 Å². The third-order valence-electron chi connectivity index (χ3n) is 5.10. The van der Waals surface area contributed by atoms with Gasteiger partial charge in [0.05, 0.1) is 12.9 Å². The van der Waals surface area contributed by atoms with Crippen LogP contribution in [0.5, 0.6) is 5.75 Å². The van der Waals surface area contributed by atoms with E-state index in [9.17, 15) is 9.59 Å². The molecular formula is C23H25N5O4S. The van der Waals surface area contributed by atoms with Gasteiger partial charge in [0.15, 0.2) is 5.65 Å². The number of thioether (sulfide) groups is 1. The van der Waals surface area contributed by atoms with Crippen molar-refractivity contribution in [1.82, 2.24) is 24.3 Å². The van der Waals surface area contributed by atoms with Crippen LogP contribution in [0.2, 0.25) is 0 Å². The summed E-state index contributed by atoms with van der Waals surface area (Å²) in [5, 5.41) is 5.00. The SMILES string of the molecule is COc1ccc(-c2cc(CSc3nc(C)nc4c3c(=O)n(C)c(=O)n4CC(C)C)on2)cc1. The molecule has 0 N–H and O–H groups in total. The Labute approximate surface area is 194 Å². The summed E-state index contributed by atoms with van der Waals surface area (Å²) < 4.78 is 13.4. The van der Waals surface area contributed by atoms with Crippen molar-refractivity contribution in [3.8, 4) is 17.0 Å². The number of ether oxygens (including phenoxy) is 1. The molecule has 3 heterocycles. The molecule has 4 rings (SSSR count). The van der Waals surface area contributed by atoms with Crippen LogP contribution >= 0.6 is 11.8 Å². The molecule has 0 atom stereocenters. The Morgan fingerprint density at radius 2 is 1.88 bits per heavy atom. The average molecular weight is 468 g/mol. The minimum Gasteiger partial charge on any atom is -0.497 e. The van der Waals surface area contributed by atoms with E-state index in [4.69, 9.17) is 9.26 Å². The lowest BCUT2D eigenvalue weighted by Gasteiger charge is -2.15. The fraction of sp³-hybridized carbons (Fsp3) is 0.348. The van der Waals surface area contributed by atoms with Crippen molar-refractivity contribution in [3.05, 3.63) is 62.8 Å². The molecular weight excluding hydrogens is 442 g/mol. The van der Waals surface area contributed by atoms with Gasteiger partial charge >= 0.3 is 5.69 Å². The second-order valence-electron chi connectivity index (χ2n) is 8.12. The van der Waals surface area contributed by atoms with Crippen LogP contribution in [0.15, 0.2) is 49.5 Å². The largest absolute Gasteiger partial charge is 0.497 e. The Morgan fingerprint density at radius 3 is 2.55 bits per heavy atom. The van der Waals surface area contributed by atoms with Gasteiger partial charge in [-0.25, -0.2) is 14.8 Å². The van der Waals surface area contributed by atoms with E-state index in [2.05, 4.69) is 15.1 Å². The second kappa shape index (κ2) is 9.22. The number of benzene rings is 1. The van der Waals surface area contributed by atoms with Gasteiger partial charge in [-0.3, -0.25) is 13.9 Å². The zero-order valence-electron chi connectivity index (χ0n) is 19.2. The van der Waals surface area contributed by atoms with Crippen LogP contribution in [-0.2, 0) is 19.3 Å². The number of fused-ring (bicyclic) bond motifs is 1. The van der Waals surface area contributed by atoms with Gasteiger partial charge in [-0.05, 0) is 37.1 Å². The summed E-state index contributed by atoms with van der Waals surface area (Å²) in [6.45, 7) is 6.23. The highest BCUT2D eigenvalue weighted by atomic mass is 32.2. The summed E-state index contributed by atoms with van der Waals surface area (Å²) in [5.41, 5.74) is 1.19. The molecule has 0 saturated heterocycles. The molecule has 4 aromatic rings. The molecule has 0 bridgehead atoms. The maximum atomic E-state index is 13.0. The quantitative estimate of drug-likeness (QED) is 0.301. The van der Waals surface area contributed by atoms with Gasteiger partial charge in [-0.1, -0.05) is 30.8 Å². The molecule has 0 unspecified atom stereocenters. The number of nitrogens with zero attached hydrogens (tertiary/aromatic N) is 5. The maximum Gasteiger partial charge on any atom is 0.332 e. The molecule has 9 nitrogen and oxygen atoms in total. The van der Waals surface area contributed by atoms with Gasteiger partial charge in [0, 0.05) is 25.2 Å². The van der Waals surface area contributed by atoms with Crippen LogP contribution in [0.25, 0.3) is 22.3 Å². The highest BCUT2D eigenvalue weighted by Crippen LogP contribution is 2.28. The zero-order chi connectivity index (χ0) is 23.7. The van der Waals surface area contributed by atoms with E-state index in [0.717, 1.165) is 15.9 Å². The second-order valence-corrected chi connectivity index (χ2v) is 9.09. The van der Waals surface area contributed by atoms with Crippen LogP contribution in [0.1, 0.15) is 25.4 Å². The summed E-state index contributed by atoms with van der Waals surface area (Å²) in [7, 11) is 3.10. The van der Waals surface area contributed by atoms with Crippen LogP contribution in [-0.4, -0.2) is 31.4 Å². The molecule has 10 heteroatoms. The molecule has 0 saturated carbocycles. The van der Waals surface area contributed by atoms with Crippen molar-refractivity contribution in [2.75, 3.05) is 7.11 Å². The summed E-state index contributed by atoms with van der Waals surface area (Å²) in [5.74, 6) is 2.53. The van der Waals surface area contributed by atoms with Crippen molar-refractivity contribution in [1.29, 1.82) is 0 Å². The fourth-order valence-corrected chi connectivity index (χ4v) is 4.43. The van der Waals surface area contributed by atoms with Gasteiger partial charge in [0.1, 0.15) is 33.4 Å². The normalized spacial score (nSPS) is 11.5. The minimum atomic E-state index is -0.408. The molecule has 0 aliphatic heterocycles. The first-order valence-corrected chi connectivity index (χ1v) is 11.5. The number of hydrogen-bond donors (Lipinski definition) is 0. The van der Waals surface area contributed by atoms with E-state index in [1.54, 1.807) is 18.6 Å². The summed E-state index contributed by atoms with van der Waals surface area (Å²) >= 11 is 1.35. The van der Waals surface area contributed by atoms with Gasteiger partial charge < -0.3 is 9.26 Å². The molecule has 0 aliphatic carbocycles. The van der Waals surface area contributed by atoms with Gasteiger partial charge in [-0.15, -0.1) is 0 Å². The first kappa shape index (κ1) is 22.8. The Morgan fingerprint density at radius 1 is 1.15 bits per heavy atom. The third-order valence-corrected chi connectivity index (χ3v) is 6.10. The van der Waals surface area contributed by atoms with Crippen molar-refractivity contribution in [2.45, 2.75) is 38.1 Å². The van der Waals surface area contributed by atoms with E-state index < -0.39 is 5.56 Å². The van der Waals surface area contributed by atoms with Crippen LogP contribution in [0, 0.1) is 12.8 Å². The van der Waals surface area contributed by atoms with Gasteiger partial charge in [0.2, 0.25) is 0 Å². The van der Waals surface area contributed by atoms with Crippen molar-refractivity contribution in [3.63, 3.8) is 0 Å². The molecule has 0 aliphatic rings. The monoisotopic (exact) mass is 467 g/mol. The lowest BCUT2D eigenvalue weighted by molar-refractivity contribution is 0.397. The van der Waals surface area contributed by atoms with Crippen molar-refractivity contribution in [2.24, 2.45) is 13.0 Å². The maximum absolute atomic E-state index is 13.0.